The molecule has 0 aliphatic carbocycles. The molecule has 1 aliphatic rings. The Morgan fingerprint density at radius 2 is 2.28 bits per heavy atom. The molecule has 0 spiro atoms. The average molecular weight is 259 g/mol. The summed E-state index contributed by atoms with van der Waals surface area (Å²) in [6.45, 7) is 0.815. The number of rotatable bonds is 3. The zero-order valence-corrected chi connectivity index (χ0v) is 11.1. The molecule has 2 heterocycles. The zero-order valence-electron chi connectivity index (χ0n) is 10.3. The minimum atomic E-state index is 0.0210. The van der Waals surface area contributed by atoms with Gasteiger partial charge in [-0.05, 0) is 47.2 Å². The molecule has 1 unspecified atom stereocenters. The van der Waals surface area contributed by atoms with Crippen molar-refractivity contribution >= 4 is 11.3 Å². The predicted octanol–water partition coefficient (Wildman–Crippen LogP) is 3.32. The van der Waals surface area contributed by atoms with E-state index < -0.39 is 0 Å². The predicted molar refractivity (Wildman–Crippen MR) is 75.2 cm³/mol. The molecule has 1 aromatic heterocycles. The molecule has 0 saturated heterocycles. The highest BCUT2D eigenvalue weighted by Gasteiger charge is 2.18. The number of ether oxygens (including phenoxy) is 1. The number of aryl methyl sites for hydroxylation is 1. The summed E-state index contributed by atoms with van der Waals surface area (Å²) in [5.41, 5.74) is 10.1. The first kappa shape index (κ1) is 11.8. The van der Waals surface area contributed by atoms with Gasteiger partial charge in [-0.25, -0.2) is 0 Å². The fourth-order valence-electron chi connectivity index (χ4n) is 2.48. The largest absolute Gasteiger partial charge is 0.493 e. The van der Waals surface area contributed by atoms with Crippen LogP contribution in [0.2, 0.25) is 0 Å². The lowest BCUT2D eigenvalue weighted by atomic mass is 9.95. The first-order valence-electron chi connectivity index (χ1n) is 6.36. The van der Waals surface area contributed by atoms with E-state index in [1.54, 1.807) is 11.3 Å². The number of benzene rings is 1. The van der Waals surface area contributed by atoms with E-state index in [2.05, 4.69) is 35.0 Å². The van der Waals surface area contributed by atoms with Crippen molar-refractivity contribution in [3.05, 3.63) is 51.7 Å². The van der Waals surface area contributed by atoms with Gasteiger partial charge in [-0.1, -0.05) is 18.2 Å². The Balaban J connectivity index is 1.87. The van der Waals surface area contributed by atoms with E-state index in [1.165, 1.54) is 11.1 Å². The van der Waals surface area contributed by atoms with Gasteiger partial charge in [0.15, 0.2) is 0 Å². The molecule has 1 atom stereocenters. The molecule has 2 N–H and O–H groups in total. The number of hydrogen-bond donors (Lipinski definition) is 1. The van der Waals surface area contributed by atoms with Crippen molar-refractivity contribution in [3.63, 3.8) is 0 Å². The smallest absolute Gasteiger partial charge is 0.127 e. The Morgan fingerprint density at radius 1 is 1.33 bits per heavy atom. The summed E-state index contributed by atoms with van der Waals surface area (Å²) < 4.78 is 5.82. The Bertz CT molecular complexity index is 521. The third-order valence-corrected chi connectivity index (χ3v) is 4.13. The molecular weight excluding hydrogens is 242 g/mol. The highest BCUT2D eigenvalue weighted by atomic mass is 32.1. The Labute approximate surface area is 111 Å². The number of hydrogen-bond acceptors (Lipinski definition) is 3. The van der Waals surface area contributed by atoms with Crippen molar-refractivity contribution in [3.8, 4) is 5.75 Å². The van der Waals surface area contributed by atoms with Crippen LogP contribution >= 0.6 is 11.3 Å². The van der Waals surface area contributed by atoms with Crippen molar-refractivity contribution in [1.82, 2.24) is 0 Å². The molecule has 3 rings (SSSR count). The highest BCUT2D eigenvalue weighted by molar-refractivity contribution is 7.07. The van der Waals surface area contributed by atoms with Crippen LogP contribution in [0.25, 0.3) is 0 Å². The summed E-state index contributed by atoms with van der Waals surface area (Å²) in [5.74, 6) is 1.03. The number of nitrogens with two attached hydrogens (primary N) is 1. The molecular formula is C15H17NOS. The van der Waals surface area contributed by atoms with E-state index in [1.807, 2.05) is 0 Å². The van der Waals surface area contributed by atoms with E-state index in [4.69, 9.17) is 10.5 Å². The van der Waals surface area contributed by atoms with Crippen LogP contribution in [0.4, 0.5) is 0 Å². The lowest BCUT2D eigenvalue weighted by Crippen LogP contribution is -2.18. The van der Waals surface area contributed by atoms with Crippen LogP contribution in [-0.2, 0) is 12.8 Å². The van der Waals surface area contributed by atoms with Crippen LogP contribution < -0.4 is 10.5 Å². The van der Waals surface area contributed by atoms with Gasteiger partial charge in [0.2, 0.25) is 0 Å². The molecule has 0 fully saturated rings. The minimum Gasteiger partial charge on any atom is -0.493 e. The van der Waals surface area contributed by atoms with Crippen LogP contribution in [0.3, 0.4) is 0 Å². The van der Waals surface area contributed by atoms with Crippen molar-refractivity contribution in [2.75, 3.05) is 6.61 Å². The quantitative estimate of drug-likeness (QED) is 0.917. The second-order valence-corrected chi connectivity index (χ2v) is 5.51. The van der Waals surface area contributed by atoms with Gasteiger partial charge in [0.1, 0.15) is 5.75 Å². The van der Waals surface area contributed by atoms with Gasteiger partial charge in [-0.3, -0.25) is 0 Å². The molecule has 1 aromatic carbocycles. The number of thiophene rings is 1. The molecule has 1 aliphatic heterocycles. The maximum Gasteiger partial charge on any atom is 0.127 e. The third-order valence-electron chi connectivity index (χ3n) is 3.40. The summed E-state index contributed by atoms with van der Waals surface area (Å²) >= 11 is 1.72. The topological polar surface area (TPSA) is 35.2 Å². The van der Waals surface area contributed by atoms with Crippen LogP contribution in [-0.4, -0.2) is 6.61 Å². The molecule has 0 radical (unpaired) electrons. The molecule has 0 amide bonds. The lowest BCUT2D eigenvalue weighted by molar-refractivity contribution is 0.283. The van der Waals surface area contributed by atoms with Crippen molar-refractivity contribution < 1.29 is 4.74 Å². The van der Waals surface area contributed by atoms with Crippen LogP contribution in [0.5, 0.6) is 5.75 Å². The maximum atomic E-state index is 6.33. The van der Waals surface area contributed by atoms with Gasteiger partial charge < -0.3 is 10.5 Å². The van der Waals surface area contributed by atoms with E-state index in [-0.39, 0.29) is 6.04 Å². The van der Waals surface area contributed by atoms with Gasteiger partial charge >= 0.3 is 0 Å². The molecule has 3 heteroatoms. The Kier molecular flexibility index (Phi) is 3.35. The standard InChI is InChI=1S/C15H17NOS/c16-14(9-11-6-8-18-10-11)13-5-1-3-12-4-2-7-17-15(12)13/h1,3,5-6,8,10,14H,2,4,7,9,16H2. The van der Waals surface area contributed by atoms with Gasteiger partial charge in [-0.15, -0.1) is 0 Å². The van der Waals surface area contributed by atoms with Crippen LogP contribution in [0.1, 0.15) is 29.2 Å². The second kappa shape index (κ2) is 5.12. The van der Waals surface area contributed by atoms with E-state index in [0.717, 1.165) is 37.2 Å². The van der Waals surface area contributed by atoms with Gasteiger partial charge in [-0.2, -0.15) is 11.3 Å². The Morgan fingerprint density at radius 3 is 3.11 bits per heavy atom. The molecule has 18 heavy (non-hydrogen) atoms. The maximum absolute atomic E-state index is 6.33. The molecule has 94 valence electrons. The SMILES string of the molecule is NC(Cc1ccsc1)c1cccc2c1OCCC2. The first-order chi connectivity index (χ1) is 8.84. The third kappa shape index (κ3) is 2.28. The molecule has 2 nitrogen and oxygen atoms in total. The summed E-state index contributed by atoms with van der Waals surface area (Å²) in [6, 6.07) is 8.50. The van der Waals surface area contributed by atoms with E-state index in [0.29, 0.717) is 0 Å². The van der Waals surface area contributed by atoms with E-state index in [9.17, 15) is 0 Å². The van der Waals surface area contributed by atoms with E-state index >= 15 is 0 Å². The second-order valence-electron chi connectivity index (χ2n) is 4.73. The fraction of sp³-hybridized carbons (Fsp3) is 0.333. The zero-order chi connectivity index (χ0) is 12.4. The lowest BCUT2D eigenvalue weighted by Gasteiger charge is -2.23. The summed E-state index contributed by atoms with van der Waals surface area (Å²) in [4.78, 5) is 0. The van der Waals surface area contributed by atoms with Crippen molar-refractivity contribution in [2.24, 2.45) is 5.73 Å². The fourth-order valence-corrected chi connectivity index (χ4v) is 3.16. The van der Waals surface area contributed by atoms with Crippen LogP contribution in [0, 0.1) is 0 Å². The number of para-hydroxylation sites is 1. The van der Waals surface area contributed by atoms with Crippen LogP contribution in [0.15, 0.2) is 35.0 Å². The van der Waals surface area contributed by atoms with Crippen molar-refractivity contribution in [2.45, 2.75) is 25.3 Å². The summed E-state index contributed by atoms with van der Waals surface area (Å²) in [7, 11) is 0. The van der Waals surface area contributed by atoms with Gasteiger partial charge in [0.25, 0.3) is 0 Å². The monoisotopic (exact) mass is 259 g/mol. The first-order valence-corrected chi connectivity index (χ1v) is 7.30. The van der Waals surface area contributed by atoms with Gasteiger partial charge in [0.05, 0.1) is 6.61 Å². The highest BCUT2D eigenvalue weighted by Crippen LogP contribution is 2.33. The molecule has 0 saturated carbocycles. The minimum absolute atomic E-state index is 0.0210. The van der Waals surface area contributed by atoms with Gasteiger partial charge in [0, 0.05) is 11.6 Å². The summed E-state index contributed by atoms with van der Waals surface area (Å²) in [5, 5.41) is 4.26. The summed E-state index contributed by atoms with van der Waals surface area (Å²) in [6.07, 6.45) is 3.09. The van der Waals surface area contributed by atoms with Crippen molar-refractivity contribution in [1.29, 1.82) is 0 Å². The average Bonchev–Trinajstić information content (AvgIpc) is 2.91. The molecule has 2 aromatic rings. The number of fused-ring (bicyclic) bond motifs is 1. The molecule has 0 bridgehead atoms. The Hall–Kier alpha value is -1.32. The normalized spacial score (nSPS) is 15.8.